The molecule has 1 aromatic carbocycles. The van der Waals surface area contributed by atoms with E-state index in [2.05, 4.69) is 15.5 Å². The van der Waals surface area contributed by atoms with Gasteiger partial charge in [-0.05, 0) is 18.2 Å². The van der Waals surface area contributed by atoms with Gasteiger partial charge in [0.1, 0.15) is 5.69 Å². The van der Waals surface area contributed by atoms with E-state index in [-0.39, 0.29) is 18.3 Å². The highest BCUT2D eigenvalue weighted by molar-refractivity contribution is 6.37. The van der Waals surface area contributed by atoms with Crippen molar-refractivity contribution in [3.63, 3.8) is 0 Å². The monoisotopic (exact) mass is 379 g/mol. The molecule has 1 amide bonds. The van der Waals surface area contributed by atoms with Gasteiger partial charge in [-0.25, -0.2) is 4.68 Å². The van der Waals surface area contributed by atoms with Crippen LogP contribution in [0.1, 0.15) is 16.1 Å². The molecule has 9 heteroatoms. The first kappa shape index (κ1) is 17.3. The standard InChI is InChI=1S/C16H15Cl2N5O2/c1-22-9-11(8-20-22)7-19-16(24)14-5-6-23(21-14)10-25-15-12(17)3-2-4-13(15)18/h2-6,8-9H,7,10H2,1H3,(H,19,24). The Labute approximate surface area is 154 Å². The largest absolute Gasteiger partial charge is 0.468 e. The predicted octanol–water partition coefficient (Wildman–Crippen LogP) is 2.89. The van der Waals surface area contributed by atoms with Gasteiger partial charge >= 0.3 is 0 Å². The lowest BCUT2D eigenvalue weighted by Crippen LogP contribution is -2.23. The molecule has 0 radical (unpaired) electrons. The molecule has 2 aromatic heterocycles. The zero-order valence-corrected chi connectivity index (χ0v) is 14.8. The Morgan fingerprint density at radius 2 is 2.04 bits per heavy atom. The van der Waals surface area contributed by atoms with Crippen molar-refractivity contribution in [1.29, 1.82) is 0 Å². The first-order valence-electron chi connectivity index (χ1n) is 7.39. The van der Waals surface area contributed by atoms with Gasteiger partial charge in [-0.1, -0.05) is 29.3 Å². The molecule has 1 N–H and O–H groups in total. The predicted molar refractivity (Wildman–Crippen MR) is 93.7 cm³/mol. The topological polar surface area (TPSA) is 74.0 Å². The van der Waals surface area contributed by atoms with Crippen LogP contribution < -0.4 is 10.1 Å². The highest BCUT2D eigenvalue weighted by Crippen LogP contribution is 2.32. The summed E-state index contributed by atoms with van der Waals surface area (Å²) >= 11 is 12.1. The zero-order chi connectivity index (χ0) is 17.8. The van der Waals surface area contributed by atoms with E-state index in [1.54, 1.807) is 41.3 Å². The minimum atomic E-state index is -0.279. The molecule has 25 heavy (non-hydrogen) atoms. The number of carbonyl (C=O) groups is 1. The molecule has 7 nitrogen and oxygen atoms in total. The molecule has 0 aliphatic heterocycles. The Morgan fingerprint density at radius 3 is 2.72 bits per heavy atom. The number of halogens is 2. The lowest BCUT2D eigenvalue weighted by atomic mass is 10.3. The number of hydrogen-bond donors (Lipinski definition) is 1. The van der Waals surface area contributed by atoms with E-state index in [0.29, 0.717) is 22.3 Å². The van der Waals surface area contributed by atoms with Gasteiger partial charge in [-0.15, -0.1) is 0 Å². The van der Waals surface area contributed by atoms with Crippen molar-refractivity contribution in [2.75, 3.05) is 0 Å². The van der Waals surface area contributed by atoms with Gasteiger partial charge in [0.15, 0.2) is 12.5 Å². The maximum Gasteiger partial charge on any atom is 0.272 e. The van der Waals surface area contributed by atoms with Crippen LogP contribution in [0.4, 0.5) is 0 Å². The molecule has 2 heterocycles. The zero-order valence-electron chi connectivity index (χ0n) is 13.3. The molecule has 0 saturated heterocycles. The third-order valence-corrected chi connectivity index (χ3v) is 3.94. The number of benzene rings is 1. The number of carbonyl (C=O) groups excluding carboxylic acids is 1. The molecule has 0 fully saturated rings. The summed E-state index contributed by atoms with van der Waals surface area (Å²) in [5, 5.41) is 11.8. The van der Waals surface area contributed by atoms with Crippen LogP contribution in [0.2, 0.25) is 10.0 Å². The van der Waals surface area contributed by atoms with E-state index in [4.69, 9.17) is 27.9 Å². The molecule has 3 rings (SSSR count). The third kappa shape index (κ3) is 4.32. The first-order chi connectivity index (χ1) is 12.0. The van der Waals surface area contributed by atoms with E-state index < -0.39 is 0 Å². The summed E-state index contributed by atoms with van der Waals surface area (Å²) in [6.07, 6.45) is 5.17. The molecule has 0 aliphatic carbocycles. The van der Waals surface area contributed by atoms with Crippen molar-refractivity contribution < 1.29 is 9.53 Å². The Hall–Kier alpha value is -2.51. The fraction of sp³-hybridized carbons (Fsp3) is 0.188. The Bertz CT molecular complexity index is 870. The van der Waals surface area contributed by atoms with Crippen LogP contribution in [-0.2, 0) is 20.3 Å². The summed E-state index contributed by atoms with van der Waals surface area (Å²) in [5.74, 6) is 0.0993. The fourth-order valence-corrected chi connectivity index (χ4v) is 2.65. The van der Waals surface area contributed by atoms with Crippen LogP contribution in [0, 0.1) is 0 Å². The molecule has 0 unspecified atom stereocenters. The number of rotatable bonds is 6. The fourth-order valence-electron chi connectivity index (χ4n) is 2.14. The van der Waals surface area contributed by atoms with Gasteiger partial charge in [0, 0.05) is 31.5 Å². The SMILES string of the molecule is Cn1cc(CNC(=O)c2ccn(COc3c(Cl)cccc3Cl)n2)cn1. The summed E-state index contributed by atoms with van der Waals surface area (Å²) in [6.45, 7) is 0.463. The molecule has 0 atom stereocenters. The molecular formula is C16H15Cl2N5O2. The average molecular weight is 380 g/mol. The number of amides is 1. The summed E-state index contributed by atoms with van der Waals surface area (Å²) in [4.78, 5) is 12.1. The summed E-state index contributed by atoms with van der Waals surface area (Å²) < 4.78 is 8.73. The van der Waals surface area contributed by atoms with Crippen molar-refractivity contribution in [2.45, 2.75) is 13.3 Å². The van der Waals surface area contributed by atoms with Gasteiger partial charge in [-0.3, -0.25) is 9.48 Å². The molecule has 0 spiro atoms. The van der Waals surface area contributed by atoms with Crippen molar-refractivity contribution in [1.82, 2.24) is 24.9 Å². The lowest BCUT2D eigenvalue weighted by molar-refractivity contribution is 0.0944. The number of aromatic nitrogens is 4. The normalized spacial score (nSPS) is 10.7. The highest BCUT2D eigenvalue weighted by atomic mass is 35.5. The number of aryl methyl sites for hydroxylation is 1. The number of ether oxygens (including phenoxy) is 1. The van der Waals surface area contributed by atoms with Gasteiger partial charge < -0.3 is 10.1 Å². The van der Waals surface area contributed by atoms with Crippen LogP contribution in [0.15, 0.2) is 42.9 Å². The van der Waals surface area contributed by atoms with Crippen LogP contribution >= 0.6 is 23.2 Å². The van der Waals surface area contributed by atoms with Crippen LogP contribution in [-0.4, -0.2) is 25.5 Å². The van der Waals surface area contributed by atoms with E-state index in [9.17, 15) is 4.79 Å². The Balaban J connectivity index is 1.57. The molecule has 0 bridgehead atoms. The summed E-state index contributed by atoms with van der Waals surface area (Å²) in [6, 6.07) is 6.71. The first-order valence-corrected chi connectivity index (χ1v) is 8.14. The van der Waals surface area contributed by atoms with Crippen molar-refractivity contribution >= 4 is 29.1 Å². The minimum Gasteiger partial charge on any atom is -0.468 e. The second-order valence-corrected chi connectivity index (χ2v) is 6.08. The van der Waals surface area contributed by atoms with Gasteiger partial charge in [0.2, 0.25) is 0 Å². The molecule has 0 saturated carbocycles. The second kappa shape index (κ2) is 7.58. The van der Waals surface area contributed by atoms with Crippen LogP contribution in [0.5, 0.6) is 5.75 Å². The van der Waals surface area contributed by atoms with E-state index in [0.717, 1.165) is 5.56 Å². The number of nitrogens with zero attached hydrogens (tertiary/aromatic N) is 4. The van der Waals surface area contributed by atoms with Crippen molar-refractivity contribution in [2.24, 2.45) is 7.05 Å². The van der Waals surface area contributed by atoms with Crippen molar-refractivity contribution in [3.05, 3.63) is 64.2 Å². The third-order valence-electron chi connectivity index (χ3n) is 3.34. The van der Waals surface area contributed by atoms with Gasteiger partial charge in [0.05, 0.1) is 16.2 Å². The molecule has 0 aliphatic rings. The van der Waals surface area contributed by atoms with Crippen LogP contribution in [0.25, 0.3) is 0 Å². The van der Waals surface area contributed by atoms with Gasteiger partial charge in [-0.2, -0.15) is 10.2 Å². The number of nitrogens with one attached hydrogen (secondary N) is 1. The van der Waals surface area contributed by atoms with Crippen molar-refractivity contribution in [3.8, 4) is 5.75 Å². The molecular weight excluding hydrogens is 365 g/mol. The quantitative estimate of drug-likeness (QED) is 0.714. The Morgan fingerprint density at radius 1 is 1.28 bits per heavy atom. The van der Waals surface area contributed by atoms with Gasteiger partial charge in [0.25, 0.3) is 5.91 Å². The van der Waals surface area contributed by atoms with E-state index in [1.807, 2.05) is 13.2 Å². The van der Waals surface area contributed by atoms with E-state index in [1.165, 1.54) is 4.68 Å². The Kier molecular flexibility index (Phi) is 5.25. The average Bonchev–Trinajstić information content (AvgIpc) is 3.21. The molecule has 3 aromatic rings. The maximum absolute atomic E-state index is 12.1. The summed E-state index contributed by atoms with van der Waals surface area (Å²) in [7, 11) is 1.82. The molecule has 130 valence electrons. The number of para-hydroxylation sites is 1. The minimum absolute atomic E-state index is 0.0827. The lowest BCUT2D eigenvalue weighted by Gasteiger charge is -2.09. The number of hydrogen-bond acceptors (Lipinski definition) is 4. The highest BCUT2D eigenvalue weighted by Gasteiger charge is 2.11. The summed E-state index contributed by atoms with van der Waals surface area (Å²) in [5.41, 5.74) is 1.20. The smallest absolute Gasteiger partial charge is 0.272 e. The van der Waals surface area contributed by atoms with Crippen LogP contribution in [0.3, 0.4) is 0 Å². The second-order valence-electron chi connectivity index (χ2n) is 5.27. The van der Waals surface area contributed by atoms with E-state index >= 15 is 0 Å². The maximum atomic E-state index is 12.1.